The lowest BCUT2D eigenvalue weighted by Crippen LogP contribution is -2.23. The summed E-state index contributed by atoms with van der Waals surface area (Å²) in [6, 6.07) is 10.0. The normalized spacial score (nSPS) is 11.9. The van der Waals surface area contributed by atoms with Gasteiger partial charge in [-0.25, -0.2) is 0 Å². The molecular weight excluding hydrogens is 202 g/mol. The number of carbonyl (C=O) groups is 1. The van der Waals surface area contributed by atoms with Gasteiger partial charge in [-0.3, -0.25) is 4.79 Å². The van der Waals surface area contributed by atoms with Crippen molar-refractivity contribution in [1.82, 2.24) is 0 Å². The number of anilines is 1. The van der Waals surface area contributed by atoms with Crippen LogP contribution in [0.25, 0.3) is 0 Å². The molecule has 0 fully saturated rings. The van der Waals surface area contributed by atoms with Crippen LogP contribution in [0, 0.1) is 0 Å². The minimum Gasteiger partial charge on any atom is -0.466 e. The zero-order valence-corrected chi connectivity index (χ0v) is 9.90. The molecule has 16 heavy (non-hydrogen) atoms. The summed E-state index contributed by atoms with van der Waals surface area (Å²) in [4.78, 5) is 11.3. The molecule has 0 aromatic heterocycles. The minimum absolute atomic E-state index is 0.140. The van der Waals surface area contributed by atoms with Crippen LogP contribution in [0.3, 0.4) is 0 Å². The van der Waals surface area contributed by atoms with Gasteiger partial charge in [-0.2, -0.15) is 0 Å². The van der Waals surface area contributed by atoms with Gasteiger partial charge < -0.3 is 10.1 Å². The summed E-state index contributed by atoms with van der Waals surface area (Å²) < 4.78 is 4.93. The van der Waals surface area contributed by atoms with Gasteiger partial charge in [-0.1, -0.05) is 25.1 Å². The molecule has 1 unspecified atom stereocenters. The second-order valence-electron chi connectivity index (χ2n) is 3.62. The molecule has 1 aromatic carbocycles. The van der Waals surface area contributed by atoms with Crippen LogP contribution in [0.5, 0.6) is 0 Å². The molecular formula is C13H19NO2. The van der Waals surface area contributed by atoms with Gasteiger partial charge in [0.25, 0.3) is 0 Å². The first-order chi connectivity index (χ1) is 7.76. The molecule has 1 aromatic rings. The second kappa shape index (κ2) is 6.88. The van der Waals surface area contributed by atoms with Crippen molar-refractivity contribution in [1.29, 1.82) is 0 Å². The maximum atomic E-state index is 11.3. The monoisotopic (exact) mass is 221 g/mol. The molecule has 1 rings (SSSR count). The fourth-order valence-electron chi connectivity index (χ4n) is 1.49. The Morgan fingerprint density at radius 2 is 2.00 bits per heavy atom. The molecule has 0 bridgehead atoms. The van der Waals surface area contributed by atoms with Crippen LogP contribution in [0.15, 0.2) is 30.3 Å². The average molecular weight is 221 g/mol. The van der Waals surface area contributed by atoms with E-state index in [9.17, 15) is 4.79 Å². The summed E-state index contributed by atoms with van der Waals surface area (Å²) in [6.45, 7) is 4.32. The fourth-order valence-corrected chi connectivity index (χ4v) is 1.49. The molecule has 3 heteroatoms. The lowest BCUT2D eigenvalue weighted by atomic mass is 10.1. The summed E-state index contributed by atoms with van der Waals surface area (Å²) >= 11 is 0. The summed E-state index contributed by atoms with van der Waals surface area (Å²) in [5.41, 5.74) is 1.04. The first-order valence-corrected chi connectivity index (χ1v) is 5.73. The molecule has 0 saturated heterocycles. The summed E-state index contributed by atoms with van der Waals surface area (Å²) in [6.07, 6.45) is 1.31. The zero-order chi connectivity index (χ0) is 11.8. The molecule has 0 amide bonds. The molecule has 0 aliphatic rings. The number of hydrogen-bond acceptors (Lipinski definition) is 3. The zero-order valence-electron chi connectivity index (χ0n) is 9.90. The molecule has 0 spiro atoms. The molecule has 0 saturated carbocycles. The number of rotatable bonds is 6. The van der Waals surface area contributed by atoms with E-state index in [-0.39, 0.29) is 12.0 Å². The summed E-state index contributed by atoms with van der Waals surface area (Å²) in [5.74, 6) is -0.141. The molecule has 0 aliphatic carbocycles. The van der Waals surface area contributed by atoms with Crippen LogP contribution < -0.4 is 5.32 Å². The van der Waals surface area contributed by atoms with Crippen LogP contribution >= 0.6 is 0 Å². The van der Waals surface area contributed by atoms with Crippen LogP contribution in [-0.4, -0.2) is 18.6 Å². The Balaban J connectivity index is 2.46. The lowest BCUT2D eigenvalue weighted by Gasteiger charge is -2.17. The Morgan fingerprint density at radius 3 is 2.56 bits per heavy atom. The SMILES string of the molecule is CCOC(=O)CC(CC)Nc1ccccc1. The third-order valence-electron chi connectivity index (χ3n) is 2.36. The molecule has 1 atom stereocenters. The van der Waals surface area contributed by atoms with E-state index >= 15 is 0 Å². The first kappa shape index (κ1) is 12.6. The van der Waals surface area contributed by atoms with Crippen LogP contribution in [0.2, 0.25) is 0 Å². The Kier molecular flexibility index (Phi) is 5.40. The van der Waals surface area contributed by atoms with Crippen LogP contribution in [-0.2, 0) is 9.53 Å². The Hall–Kier alpha value is -1.51. The van der Waals surface area contributed by atoms with Crippen molar-refractivity contribution in [2.75, 3.05) is 11.9 Å². The largest absolute Gasteiger partial charge is 0.466 e. The van der Waals surface area contributed by atoms with Crippen molar-refractivity contribution in [3.8, 4) is 0 Å². The van der Waals surface area contributed by atoms with Gasteiger partial charge in [-0.15, -0.1) is 0 Å². The molecule has 3 nitrogen and oxygen atoms in total. The molecule has 1 N–H and O–H groups in total. The number of nitrogens with one attached hydrogen (secondary N) is 1. The van der Waals surface area contributed by atoms with E-state index < -0.39 is 0 Å². The predicted molar refractivity (Wildman–Crippen MR) is 65.4 cm³/mol. The van der Waals surface area contributed by atoms with Gasteiger partial charge in [0.05, 0.1) is 13.0 Å². The van der Waals surface area contributed by atoms with E-state index in [1.165, 1.54) is 0 Å². The van der Waals surface area contributed by atoms with Crippen molar-refractivity contribution in [3.05, 3.63) is 30.3 Å². The quantitative estimate of drug-likeness (QED) is 0.751. The average Bonchev–Trinajstić information content (AvgIpc) is 2.30. The van der Waals surface area contributed by atoms with Crippen molar-refractivity contribution in [2.24, 2.45) is 0 Å². The Labute approximate surface area is 96.8 Å². The van der Waals surface area contributed by atoms with E-state index in [0.29, 0.717) is 13.0 Å². The Morgan fingerprint density at radius 1 is 1.31 bits per heavy atom. The lowest BCUT2D eigenvalue weighted by molar-refractivity contribution is -0.143. The number of ether oxygens (including phenoxy) is 1. The summed E-state index contributed by atoms with van der Waals surface area (Å²) in [7, 11) is 0. The predicted octanol–water partition coefficient (Wildman–Crippen LogP) is 2.83. The fraction of sp³-hybridized carbons (Fsp3) is 0.462. The third-order valence-corrected chi connectivity index (χ3v) is 2.36. The van der Waals surface area contributed by atoms with Crippen LogP contribution in [0.4, 0.5) is 5.69 Å². The van der Waals surface area contributed by atoms with Gasteiger partial charge in [0.1, 0.15) is 0 Å². The highest BCUT2D eigenvalue weighted by Crippen LogP contribution is 2.11. The standard InChI is InChI=1S/C13H19NO2/c1-3-11(10-13(15)16-4-2)14-12-8-6-5-7-9-12/h5-9,11,14H,3-4,10H2,1-2H3. The topological polar surface area (TPSA) is 38.3 Å². The smallest absolute Gasteiger partial charge is 0.307 e. The number of carbonyl (C=O) groups excluding carboxylic acids is 1. The molecule has 88 valence electrons. The van der Waals surface area contributed by atoms with Crippen molar-refractivity contribution in [2.45, 2.75) is 32.7 Å². The van der Waals surface area contributed by atoms with Crippen molar-refractivity contribution in [3.63, 3.8) is 0 Å². The number of benzene rings is 1. The highest BCUT2D eigenvalue weighted by atomic mass is 16.5. The maximum absolute atomic E-state index is 11.3. The number of esters is 1. The third kappa shape index (κ3) is 4.34. The second-order valence-corrected chi connectivity index (χ2v) is 3.62. The van der Waals surface area contributed by atoms with Gasteiger partial charge in [0.15, 0.2) is 0 Å². The maximum Gasteiger partial charge on any atom is 0.307 e. The molecule has 0 aliphatic heterocycles. The van der Waals surface area contributed by atoms with Gasteiger partial charge in [0, 0.05) is 11.7 Å². The minimum atomic E-state index is -0.141. The van der Waals surface area contributed by atoms with E-state index in [2.05, 4.69) is 12.2 Å². The molecule has 0 heterocycles. The van der Waals surface area contributed by atoms with Crippen molar-refractivity contribution >= 4 is 11.7 Å². The van der Waals surface area contributed by atoms with E-state index in [0.717, 1.165) is 12.1 Å². The van der Waals surface area contributed by atoms with Crippen LogP contribution in [0.1, 0.15) is 26.7 Å². The number of para-hydroxylation sites is 1. The van der Waals surface area contributed by atoms with Gasteiger partial charge in [0.2, 0.25) is 0 Å². The molecule has 0 radical (unpaired) electrons. The Bertz CT molecular complexity index is 311. The highest BCUT2D eigenvalue weighted by Gasteiger charge is 2.12. The highest BCUT2D eigenvalue weighted by molar-refractivity contribution is 5.70. The van der Waals surface area contributed by atoms with Gasteiger partial charge in [-0.05, 0) is 25.5 Å². The first-order valence-electron chi connectivity index (χ1n) is 5.73. The van der Waals surface area contributed by atoms with Gasteiger partial charge >= 0.3 is 5.97 Å². The van der Waals surface area contributed by atoms with E-state index in [1.807, 2.05) is 37.3 Å². The summed E-state index contributed by atoms with van der Waals surface area (Å²) in [5, 5.41) is 3.32. The van der Waals surface area contributed by atoms with E-state index in [4.69, 9.17) is 4.74 Å². The van der Waals surface area contributed by atoms with E-state index in [1.54, 1.807) is 0 Å². The van der Waals surface area contributed by atoms with Crippen molar-refractivity contribution < 1.29 is 9.53 Å². The number of hydrogen-bond donors (Lipinski definition) is 1.